The van der Waals surface area contributed by atoms with Crippen molar-refractivity contribution in [1.82, 2.24) is 0 Å². The zero-order chi connectivity index (χ0) is 11.6. The summed E-state index contributed by atoms with van der Waals surface area (Å²) in [5.41, 5.74) is 0. The zero-order valence-corrected chi connectivity index (χ0v) is 8.23. The molecule has 0 rings (SSSR count). The van der Waals surface area contributed by atoms with Crippen molar-refractivity contribution >= 4 is 11.9 Å². The largest absolute Gasteiger partial charge is 0.550 e. The Morgan fingerprint density at radius 2 is 1.79 bits per heavy atom. The molecule has 0 bridgehead atoms. The lowest BCUT2D eigenvalue weighted by atomic mass is 10.3. The maximum atomic E-state index is 10.3. The molecular formula is C8H15O6-. The van der Waals surface area contributed by atoms with Crippen LogP contribution >= 0.6 is 0 Å². The Labute approximate surface area is 82.1 Å². The smallest absolute Gasteiger partial charge is 0.302 e. The van der Waals surface area contributed by atoms with E-state index >= 15 is 0 Å². The van der Waals surface area contributed by atoms with Gasteiger partial charge in [0.2, 0.25) is 0 Å². The van der Waals surface area contributed by atoms with Crippen molar-refractivity contribution < 1.29 is 29.6 Å². The molecule has 0 aromatic rings. The van der Waals surface area contributed by atoms with E-state index in [0.717, 1.165) is 6.92 Å². The molecule has 0 heterocycles. The van der Waals surface area contributed by atoms with E-state index in [2.05, 4.69) is 4.74 Å². The van der Waals surface area contributed by atoms with Crippen molar-refractivity contribution in [1.29, 1.82) is 0 Å². The zero-order valence-electron chi connectivity index (χ0n) is 8.23. The SMILES string of the molecule is CC(=O)OC(CO)CCO.CC(=O)[O-]. The number of carboxylic acid groups (broad SMARTS) is 1. The van der Waals surface area contributed by atoms with Gasteiger partial charge >= 0.3 is 5.97 Å². The first-order chi connectivity index (χ1) is 6.43. The van der Waals surface area contributed by atoms with E-state index in [4.69, 9.17) is 20.1 Å². The Hall–Kier alpha value is -1.14. The number of hydrogen-bond donors (Lipinski definition) is 2. The van der Waals surface area contributed by atoms with E-state index in [-0.39, 0.29) is 19.6 Å². The first kappa shape index (κ1) is 15.3. The van der Waals surface area contributed by atoms with Crippen LogP contribution in [0.3, 0.4) is 0 Å². The van der Waals surface area contributed by atoms with Crippen LogP contribution in [0.1, 0.15) is 20.3 Å². The van der Waals surface area contributed by atoms with Crippen LogP contribution < -0.4 is 5.11 Å². The third-order valence-electron chi connectivity index (χ3n) is 0.987. The van der Waals surface area contributed by atoms with Gasteiger partial charge in [-0.3, -0.25) is 4.79 Å². The molecule has 1 atom stereocenters. The Balaban J connectivity index is 0. The van der Waals surface area contributed by atoms with Gasteiger partial charge in [0.1, 0.15) is 6.10 Å². The number of rotatable bonds is 4. The molecule has 0 aromatic heterocycles. The Morgan fingerprint density at radius 3 is 2.00 bits per heavy atom. The molecule has 0 spiro atoms. The predicted octanol–water partition coefficient (Wildman–Crippen LogP) is -1.95. The standard InChI is InChI=1S/C6H12O4.C2H4O2/c1-5(9)10-6(4-8)2-3-7;1-2(3)4/h6-8H,2-4H2,1H3;1H3,(H,3,4)/p-1. The van der Waals surface area contributed by atoms with Gasteiger partial charge in [-0.2, -0.15) is 0 Å². The summed E-state index contributed by atoms with van der Waals surface area (Å²) < 4.78 is 4.59. The average molecular weight is 207 g/mol. The molecular weight excluding hydrogens is 192 g/mol. The van der Waals surface area contributed by atoms with Crippen LogP contribution in [0.2, 0.25) is 0 Å². The maximum absolute atomic E-state index is 10.3. The van der Waals surface area contributed by atoms with Crippen molar-refractivity contribution in [2.75, 3.05) is 13.2 Å². The van der Waals surface area contributed by atoms with Crippen molar-refractivity contribution in [3.8, 4) is 0 Å². The molecule has 6 heteroatoms. The van der Waals surface area contributed by atoms with Gasteiger partial charge in [0.15, 0.2) is 0 Å². The Bertz CT molecular complexity index is 163. The second-order valence-corrected chi connectivity index (χ2v) is 2.42. The van der Waals surface area contributed by atoms with Gasteiger partial charge in [0.05, 0.1) is 6.61 Å². The van der Waals surface area contributed by atoms with Gasteiger partial charge in [-0.15, -0.1) is 0 Å². The molecule has 2 N–H and O–H groups in total. The van der Waals surface area contributed by atoms with Crippen molar-refractivity contribution in [2.24, 2.45) is 0 Å². The molecule has 0 saturated heterocycles. The summed E-state index contributed by atoms with van der Waals surface area (Å²) in [6.45, 7) is 1.92. The minimum absolute atomic E-state index is 0.0848. The lowest BCUT2D eigenvalue weighted by Gasteiger charge is -2.11. The molecule has 0 aromatic carbocycles. The highest BCUT2D eigenvalue weighted by molar-refractivity contribution is 5.66. The number of carbonyl (C=O) groups is 2. The van der Waals surface area contributed by atoms with Crippen LogP contribution in [0.5, 0.6) is 0 Å². The maximum Gasteiger partial charge on any atom is 0.302 e. The normalized spacial score (nSPS) is 10.9. The topological polar surface area (TPSA) is 107 Å². The van der Waals surface area contributed by atoms with E-state index in [9.17, 15) is 4.79 Å². The third-order valence-corrected chi connectivity index (χ3v) is 0.987. The van der Waals surface area contributed by atoms with Crippen LogP contribution in [0.4, 0.5) is 0 Å². The van der Waals surface area contributed by atoms with Gasteiger partial charge in [-0.1, -0.05) is 0 Å². The summed E-state index contributed by atoms with van der Waals surface area (Å²) in [5.74, 6) is -1.52. The van der Waals surface area contributed by atoms with Crippen LogP contribution in [-0.2, 0) is 14.3 Å². The van der Waals surface area contributed by atoms with Crippen LogP contribution in [0.15, 0.2) is 0 Å². The van der Waals surface area contributed by atoms with Crippen LogP contribution in [-0.4, -0.2) is 41.5 Å². The number of esters is 1. The molecule has 0 radical (unpaired) electrons. The van der Waals surface area contributed by atoms with Crippen molar-refractivity contribution in [3.63, 3.8) is 0 Å². The van der Waals surface area contributed by atoms with Crippen molar-refractivity contribution in [3.05, 3.63) is 0 Å². The highest BCUT2D eigenvalue weighted by atomic mass is 16.5. The van der Waals surface area contributed by atoms with E-state index in [1.54, 1.807) is 0 Å². The number of aliphatic hydroxyl groups excluding tert-OH is 2. The Morgan fingerprint density at radius 1 is 1.36 bits per heavy atom. The molecule has 84 valence electrons. The first-order valence-electron chi connectivity index (χ1n) is 4.00. The second kappa shape index (κ2) is 9.94. The summed E-state index contributed by atoms with van der Waals surface area (Å²) in [7, 11) is 0. The highest BCUT2D eigenvalue weighted by Gasteiger charge is 2.08. The predicted molar refractivity (Wildman–Crippen MR) is 45.0 cm³/mol. The summed E-state index contributed by atoms with van der Waals surface area (Å²) in [4.78, 5) is 19.2. The van der Waals surface area contributed by atoms with Crippen LogP contribution in [0, 0.1) is 0 Å². The third kappa shape index (κ3) is 17.1. The number of ether oxygens (including phenoxy) is 1. The molecule has 0 fully saturated rings. The van der Waals surface area contributed by atoms with Gasteiger partial charge in [0.25, 0.3) is 0 Å². The summed E-state index contributed by atoms with van der Waals surface area (Å²) in [6, 6.07) is 0. The van der Waals surface area contributed by atoms with Gasteiger partial charge in [-0.05, 0) is 6.92 Å². The lowest BCUT2D eigenvalue weighted by Crippen LogP contribution is -2.21. The van der Waals surface area contributed by atoms with Gasteiger partial charge in [0, 0.05) is 25.9 Å². The van der Waals surface area contributed by atoms with E-state index in [0.29, 0.717) is 0 Å². The molecule has 0 aliphatic rings. The molecule has 6 nitrogen and oxygen atoms in total. The molecule has 14 heavy (non-hydrogen) atoms. The lowest BCUT2D eigenvalue weighted by molar-refractivity contribution is -0.302. The number of aliphatic hydroxyl groups is 2. The average Bonchev–Trinajstić information content (AvgIpc) is 2.01. The minimum Gasteiger partial charge on any atom is -0.550 e. The molecule has 0 aliphatic carbocycles. The monoisotopic (exact) mass is 207 g/mol. The minimum atomic E-state index is -1.08. The second-order valence-electron chi connectivity index (χ2n) is 2.42. The van der Waals surface area contributed by atoms with Gasteiger partial charge in [-0.25, -0.2) is 0 Å². The molecule has 0 aliphatic heterocycles. The molecule has 0 amide bonds. The van der Waals surface area contributed by atoms with E-state index in [1.807, 2.05) is 0 Å². The fraction of sp³-hybridized carbons (Fsp3) is 0.750. The summed E-state index contributed by atoms with van der Waals surface area (Å²) in [6.07, 6.45) is -0.265. The Kier molecular flexibility index (Phi) is 10.9. The number of hydrogen-bond acceptors (Lipinski definition) is 6. The fourth-order valence-corrected chi connectivity index (χ4v) is 0.566. The molecule has 0 saturated carbocycles. The van der Waals surface area contributed by atoms with Crippen molar-refractivity contribution in [2.45, 2.75) is 26.4 Å². The van der Waals surface area contributed by atoms with E-state index in [1.165, 1.54) is 6.92 Å². The summed E-state index contributed by atoms with van der Waals surface area (Å²) in [5, 5.41) is 25.8. The fourth-order valence-electron chi connectivity index (χ4n) is 0.566. The number of carboxylic acids is 1. The number of carbonyl (C=O) groups excluding carboxylic acids is 2. The quantitative estimate of drug-likeness (QED) is 0.519. The summed E-state index contributed by atoms with van der Waals surface area (Å²) >= 11 is 0. The van der Waals surface area contributed by atoms with Crippen LogP contribution in [0.25, 0.3) is 0 Å². The first-order valence-corrected chi connectivity index (χ1v) is 4.00. The van der Waals surface area contributed by atoms with E-state index < -0.39 is 18.0 Å². The highest BCUT2D eigenvalue weighted by Crippen LogP contribution is 1.96. The molecule has 1 unspecified atom stereocenters. The number of aliphatic carboxylic acids is 1. The van der Waals surface area contributed by atoms with Gasteiger partial charge < -0.3 is 24.9 Å².